The molecular weight excluding hydrogens is 336 g/mol. The molecule has 3 aliphatic carbocycles. The number of halogens is 1. The van der Waals surface area contributed by atoms with Crippen molar-refractivity contribution in [1.29, 1.82) is 0 Å². The average molecular weight is 357 g/mol. The van der Waals surface area contributed by atoms with Gasteiger partial charge in [-0.15, -0.1) is 0 Å². The largest absolute Gasteiger partial charge is 0.0843 e. The van der Waals surface area contributed by atoms with E-state index in [4.69, 9.17) is 11.6 Å². The summed E-state index contributed by atoms with van der Waals surface area (Å²) in [5, 5.41) is 0.798. The topological polar surface area (TPSA) is 0 Å². The molecular formula is C25H21Cl. The van der Waals surface area contributed by atoms with Crippen LogP contribution in [0.3, 0.4) is 0 Å². The molecule has 6 rings (SSSR count). The second-order valence-corrected chi connectivity index (χ2v) is 8.80. The minimum atomic E-state index is 0.261. The Morgan fingerprint density at radius 1 is 0.769 bits per heavy atom. The van der Waals surface area contributed by atoms with Crippen LogP contribution in [0.1, 0.15) is 36.8 Å². The highest BCUT2D eigenvalue weighted by Crippen LogP contribution is 2.65. The molecule has 0 aromatic heterocycles. The van der Waals surface area contributed by atoms with E-state index in [-0.39, 0.29) is 5.41 Å². The minimum Gasteiger partial charge on any atom is -0.0843 e. The zero-order chi connectivity index (χ0) is 17.3. The van der Waals surface area contributed by atoms with Gasteiger partial charge in [-0.2, -0.15) is 0 Å². The molecule has 0 N–H and O–H groups in total. The summed E-state index contributed by atoms with van der Waals surface area (Å²) in [7, 11) is 0. The minimum absolute atomic E-state index is 0.261. The molecule has 1 spiro atoms. The van der Waals surface area contributed by atoms with Crippen molar-refractivity contribution < 1.29 is 0 Å². The molecule has 128 valence electrons. The summed E-state index contributed by atoms with van der Waals surface area (Å²) >= 11 is 6.10. The lowest BCUT2D eigenvalue weighted by Gasteiger charge is -2.36. The molecule has 2 fully saturated rings. The van der Waals surface area contributed by atoms with Gasteiger partial charge in [-0.05, 0) is 82.7 Å². The first-order chi connectivity index (χ1) is 12.8. The Balaban J connectivity index is 1.59. The van der Waals surface area contributed by atoms with Crippen LogP contribution >= 0.6 is 11.6 Å². The Hall–Kier alpha value is -2.05. The van der Waals surface area contributed by atoms with Gasteiger partial charge in [0.25, 0.3) is 0 Å². The monoisotopic (exact) mass is 356 g/mol. The van der Waals surface area contributed by atoms with Gasteiger partial charge in [-0.1, -0.05) is 66.6 Å². The number of hydrogen-bond donors (Lipinski definition) is 0. The van der Waals surface area contributed by atoms with E-state index in [1.807, 2.05) is 12.1 Å². The van der Waals surface area contributed by atoms with Gasteiger partial charge in [-0.25, -0.2) is 0 Å². The van der Waals surface area contributed by atoms with E-state index in [0.29, 0.717) is 0 Å². The van der Waals surface area contributed by atoms with Crippen LogP contribution in [-0.2, 0) is 5.41 Å². The Labute approximate surface area is 159 Å². The molecule has 3 aromatic carbocycles. The molecule has 0 heterocycles. The van der Waals surface area contributed by atoms with Crippen LogP contribution in [0.4, 0.5) is 0 Å². The molecule has 2 bridgehead atoms. The summed E-state index contributed by atoms with van der Waals surface area (Å²) in [5.74, 6) is 1.73. The molecule has 26 heavy (non-hydrogen) atoms. The van der Waals surface area contributed by atoms with Gasteiger partial charge in [0.15, 0.2) is 0 Å². The van der Waals surface area contributed by atoms with Gasteiger partial charge < -0.3 is 0 Å². The molecule has 1 heteroatoms. The fraction of sp³-hybridized carbons (Fsp3) is 0.280. The van der Waals surface area contributed by atoms with Crippen molar-refractivity contribution in [2.45, 2.75) is 31.1 Å². The summed E-state index contributed by atoms with van der Waals surface area (Å²) in [5.41, 5.74) is 8.94. The fourth-order valence-electron chi connectivity index (χ4n) is 6.21. The van der Waals surface area contributed by atoms with Crippen molar-refractivity contribution >= 4 is 11.6 Å². The molecule has 0 aliphatic heterocycles. The zero-order valence-electron chi connectivity index (χ0n) is 14.7. The van der Waals surface area contributed by atoms with E-state index in [1.54, 1.807) is 11.1 Å². The first-order valence-electron chi connectivity index (χ1n) is 9.76. The van der Waals surface area contributed by atoms with E-state index < -0.39 is 0 Å². The predicted molar refractivity (Wildman–Crippen MR) is 109 cm³/mol. The van der Waals surface area contributed by atoms with Crippen LogP contribution in [-0.4, -0.2) is 0 Å². The molecule has 3 aliphatic rings. The summed E-state index contributed by atoms with van der Waals surface area (Å²) in [4.78, 5) is 0. The SMILES string of the molecule is Clc1ccc(-c2ccc3c(c2)C2(CC4CCC2C4)c2ccccc2-3)cc1. The third-order valence-electron chi connectivity index (χ3n) is 7.22. The van der Waals surface area contributed by atoms with Gasteiger partial charge in [-0.3, -0.25) is 0 Å². The summed E-state index contributed by atoms with van der Waals surface area (Å²) in [6.45, 7) is 0. The molecule has 3 aromatic rings. The lowest BCUT2D eigenvalue weighted by molar-refractivity contribution is 0.327. The molecule has 2 saturated carbocycles. The Bertz CT molecular complexity index is 1020. The Kier molecular flexibility index (Phi) is 3.03. The lowest BCUT2D eigenvalue weighted by atomic mass is 9.66. The maximum absolute atomic E-state index is 6.10. The van der Waals surface area contributed by atoms with Crippen molar-refractivity contribution in [3.8, 4) is 22.3 Å². The van der Waals surface area contributed by atoms with Crippen molar-refractivity contribution in [3.05, 3.63) is 82.9 Å². The average Bonchev–Trinajstić information content (AvgIpc) is 3.36. The second-order valence-electron chi connectivity index (χ2n) is 8.36. The third-order valence-corrected chi connectivity index (χ3v) is 7.48. The highest BCUT2D eigenvalue weighted by molar-refractivity contribution is 6.30. The Morgan fingerprint density at radius 2 is 1.54 bits per heavy atom. The molecule has 3 unspecified atom stereocenters. The molecule has 3 atom stereocenters. The molecule has 0 amide bonds. The Morgan fingerprint density at radius 3 is 2.31 bits per heavy atom. The van der Waals surface area contributed by atoms with E-state index >= 15 is 0 Å². The van der Waals surface area contributed by atoms with E-state index in [9.17, 15) is 0 Å². The maximum atomic E-state index is 6.10. The van der Waals surface area contributed by atoms with E-state index in [2.05, 4.69) is 54.6 Å². The first kappa shape index (κ1) is 15.1. The van der Waals surface area contributed by atoms with E-state index in [1.165, 1.54) is 47.9 Å². The predicted octanol–water partition coefficient (Wildman–Crippen LogP) is 7.09. The lowest BCUT2D eigenvalue weighted by Crippen LogP contribution is -2.31. The fourth-order valence-corrected chi connectivity index (χ4v) is 6.34. The van der Waals surface area contributed by atoms with Crippen molar-refractivity contribution in [2.24, 2.45) is 11.8 Å². The van der Waals surface area contributed by atoms with Crippen LogP contribution in [0.15, 0.2) is 66.7 Å². The van der Waals surface area contributed by atoms with Crippen LogP contribution in [0.2, 0.25) is 5.02 Å². The van der Waals surface area contributed by atoms with E-state index in [0.717, 1.165) is 16.9 Å². The highest BCUT2D eigenvalue weighted by Gasteiger charge is 2.56. The van der Waals surface area contributed by atoms with Gasteiger partial charge >= 0.3 is 0 Å². The van der Waals surface area contributed by atoms with Gasteiger partial charge in [0, 0.05) is 10.4 Å². The highest BCUT2D eigenvalue weighted by atomic mass is 35.5. The first-order valence-corrected chi connectivity index (χ1v) is 10.1. The van der Waals surface area contributed by atoms with Gasteiger partial charge in [0.2, 0.25) is 0 Å². The number of benzene rings is 3. The molecule has 0 radical (unpaired) electrons. The summed E-state index contributed by atoms with van der Waals surface area (Å²) in [6, 6.07) is 24.6. The van der Waals surface area contributed by atoms with Crippen molar-refractivity contribution in [2.75, 3.05) is 0 Å². The number of rotatable bonds is 1. The normalized spacial score (nSPS) is 27.7. The summed E-state index contributed by atoms with van der Waals surface area (Å²) < 4.78 is 0. The van der Waals surface area contributed by atoms with Gasteiger partial charge in [0.05, 0.1) is 0 Å². The zero-order valence-corrected chi connectivity index (χ0v) is 15.5. The van der Waals surface area contributed by atoms with Crippen molar-refractivity contribution in [1.82, 2.24) is 0 Å². The van der Waals surface area contributed by atoms with Crippen LogP contribution in [0, 0.1) is 11.8 Å². The third kappa shape index (κ3) is 1.86. The second kappa shape index (κ2) is 5.24. The standard InChI is InChI=1S/C25H21Cl/c26-20-10-6-17(7-11-20)18-8-12-22-21-3-1-2-4-23(21)25(24(22)14-18)15-16-5-9-19(25)13-16/h1-4,6-8,10-12,14,16,19H,5,9,13,15H2. The summed E-state index contributed by atoms with van der Waals surface area (Å²) in [6.07, 6.45) is 5.58. The molecule has 0 nitrogen and oxygen atoms in total. The quantitative estimate of drug-likeness (QED) is 0.436. The van der Waals surface area contributed by atoms with Crippen molar-refractivity contribution in [3.63, 3.8) is 0 Å². The maximum Gasteiger partial charge on any atom is 0.0406 e. The molecule has 0 saturated heterocycles. The van der Waals surface area contributed by atoms with Crippen LogP contribution < -0.4 is 0 Å². The van der Waals surface area contributed by atoms with Gasteiger partial charge in [0.1, 0.15) is 0 Å². The van der Waals surface area contributed by atoms with Crippen LogP contribution in [0.25, 0.3) is 22.3 Å². The smallest absolute Gasteiger partial charge is 0.0406 e. The number of hydrogen-bond acceptors (Lipinski definition) is 0. The van der Waals surface area contributed by atoms with Crippen LogP contribution in [0.5, 0.6) is 0 Å². The number of fused-ring (bicyclic) bond motifs is 8.